The highest BCUT2D eigenvalue weighted by molar-refractivity contribution is 5.78. The van der Waals surface area contributed by atoms with Crippen LogP contribution in [0.2, 0.25) is 0 Å². The molecular formula is C13H19NO4. The Balaban J connectivity index is 2.26. The van der Waals surface area contributed by atoms with Crippen LogP contribution in [0.1, 0.15) is 5.56 Å². The third-order valence-electron chi connectivity index (χ3n) is 2.30. The first-order valence-electron chi connectivity index (χ1n) is 5.84. The summed E-state index contributed by atoms with van der Waals surface area (Å²) in [4.78, 5) is 11.6. The van der Waals surface area contributed by atoms with E-state index in [1.54, 1.807) is 7.11 Å². The van der Waals surface area contributed by atoms with Gasteiger partial charge < -0.3 is 19.9 Å². The standard InChI is InChI=1S/C13H19NO4/c1-17-12-4-2-3-11(9-12)10-13(16)14-5-7-18-8-6-15/h2-4,9,15H,5-8,10H2,1H3,(H,14,16). The minimum atomic E-state index is -0.0594. The Hall–Kier alpha value is -1.59. The maximum Gasteiger partial charge on any atom is 0.224 e. The molecule has 0 bridgehead atoms. The van der Waals surface area contributed by atoms with Crippen molar-refractivity contribution >= 4 is 5.91 Å². The second-order valence-electron chi connectivity index (χ2n) is 3.71. The van der Waals surface area contributed by atoms with Gasteiger partial charge >= 0.3 is 0 Å². The largest absolute Gasteiger partial charge is 0.497 e. The molecule has 1 aromatic rings. The Bertz CT molecular complexity index is 368. The van der Waals surface area contributed by atoms with Crippen LogP contribution in [-0.4, -0.2) is 44.5 Å². The van der Waals surface area contributed by atoms with E-state index in [9.17, 15) is 4.79 Å². The Morgan fingerprint density at radius 3 is 2.94 bits per heavy atom. The van der Waals surface area contributed by atoms with Crippen molar-refractivity contribution in [3.63, 3.8) is 0 Å². The first kappa shape index (κ1) is 14.5. The molecule has 2 N–H and O–H groups in total. The van der Waals surface area contributed by atoms with E-state index in [4.69, 9.17) is 14.6 Å². The van der Waals surface area contributed by atoms with E-state index in [1.165, 1.54) is 0 Å². The Morgan fingerprint density at radius 2 is 2.22 bits per heavy atom. The predicted octanol–water partition coefficient (Wildman–Crippen LogP) is 0.363. The number of methoxy groups -OCH3 is 1. The van der Waals surface area contributed by atoms with Crippen molar-refractivity contribution in [2.75, 3.05) is 33.5 Å². The normalized spacial score (nSPS) is 10.1. The van der Waals surface area contributed by atoms with Gasteiger partial charge in [0.1, 0.15) is 5.75 Å². The van der Waals surface area contributed by atoms with Gasteiger partial charge in [-0.15, -0.1) is 0 Å². The number of aliphatic hydroxyl groups is 1. The number of hydrogen-bond donors (Lipinski definition) is 2. The van der Waals surface area contributed by atoms with Crippen LogP contribution >= 0.6 is 0 Å². The second kappa shape index (κ2) is 8.49. The van der Waals surface area contributed by atoms with E-state index in [-0.39, 0.29) is 12.5 Å². The monoisotopic (exact) mass is 253 g/mol. The molecule has 0 radical (unpaired) electrons. The summed E-state index contributed by atoms with van der Waals surface area (Å²) in [5.41, 5.74) is 0.906. The van der Waals surface area contributed by atoms with Gasteiger partial charge in [-0.1, -0.05) is 12.1 Å². The molecule has 0 aromatic heterocycles. The number of aliphatic hydroxyl groups excluding tert-OH is 1. The zero-order valence-electron chi connectivity index (χ0n) is 10.5. The molecule has 18 heavy (non-hydrogen) atoms. The molecule has 5 nitrogen and oxygen atoms in total. The summed E-state index contributed by atoms with van der Waals surface area (Å²) in [5, 5.41) is 11.2. The highest BCUT2D eigenvalue weighted by atomic mass is 16.5. The van der Waals surface area contributed by atoms with Crippen molar-refractivity contribution in [1.82, 2.24) is 5.32 Å². The highest BCUT2D eigenvalue weighted by Crippen LogP contribution is 2.12. The molecule has 1 amide bonds. The number of nitrogens with one attached hydrogen (secondary N) is 1. The lowest BCUT2D eigenvalue weighted by Gasteiger charge is -2.06. The average molecular weight is 253 g/mol. The first-order valence-corrected chi connectivity index (χ1v) is 5.84. The van der Waals surface area contributed by atoms with Gasteiger partial charge in [-0.2, -0.15) is 0 Å². The van der Waals surface area contributed by atoms with Crippen LogP contribution in [0.15, 0.2) is 24.3 Å². The summed E-state index contributed by atoms with van der Waals surface area (Å²) in [6.07, 6.45) is 0.317. The molecule has 5 heteroatoms. The molecule has 0 fully saturated rings. The summed E-state index contributed by atoms with van der Waals surface area (Å²) >= 11 is 0. The lowest BCUT2D eigenvalue weighted by atomic mass is 10.1. The fourth-order valence-corrected chi connectivity index (χ4v) is 1.46. The molecule has 0 spiro atoms. The van der Waals surface area contributed by atoms with Crippen LogP contribution in [-0.2, 0) is 16.0 Å². The van der Waals surface area contributed by atoms with Crippen LogP contribution in [0.4, 0.5) is 0 Å². The molecule has 0 atom stereocenters. The van der Waals surface area contributed by atoms with Crippen LogP contribution in [0, 0.1) is 0 Å². The quantitative estimate of drug-likeness (QED) is 0.657. The number of hydrogen-bond acceptors (Lipinski definition) is 4. The zero-order valence-corrected chi connectivity index (χ0v) is 10.5. The summed E-state index contributed by atoms with van der Waals surface area (Å²) in [7, 11) is 1.59. The molecule has 0 aliphatic heterocycles. The van der Waals surface area contributed by atoms with Crippen LogP contribution in [0.5, 0.6) is 5.75 Å². The number of amides is 1. The van der Waals surface area contributed by atoms with Crippen LogP contribution in [0.3, 0.4) is 0 Å². The smallest absolute Gasteiger partial charge is 0.224 e. The van der Waals surface area contributed by atoms with Crippen LogP contribution in [0.25, 0.3) is 0 Å². The minimum Gasteiger partial charge on any atom is -0.497 e. The summed E-state index contributed by atoms with van der Waals surface area (Å²) in [5.74, 6) is 0.683. The Morgan fingerprint density at radius 1 is 1.39 bits per heavy atom. The van der Waals surface area contributed by atoms with E-state index in [2.05, 4.69) is 5.32 Å². The molecular weight excluding hydrogens is 234 g/mol. The molecule has 100 valence electrons. The van der Waals surface area contributed by atoms with Gasteiger partial charge in [-0.3, -0.25) is 4.79 Å². The number of carbonyl (C=O) groups is 1. The van der Waals surface area contributed by atoms with Gasteiger partial charge in [0.15, 0.2) is 0 Å². The molecule has 1 rings (SSSR count). The van der Waals surface area contributed by atoms with Gasteiger partial charge in [-0.25, -0.2) is 0 Å². The second-order valence-corrected chi connectivity index (χ2v) is 3.71. The zero-order chi connectivity index (χ0) is 13.2. The molecule has 0 saturated carbocycles. The lowest BCUT2D eigenvalue weighted by Crippen LogP contribution is -2.28. The Kier molecular flexibility index (Phi) is 6.83. The maximum absolute atomic E-state index is 11.6. The van der Waals surface area contributed by atoms with E-state index >= 15 is 0 Å². The number of ether oxygens (including phenoxy) is 2. The van der Waals surface area contributed by atoms with Crippen molar-refractivity contribution in [2.24, 2.45) is 0 Å². The van der Waals surface area contributed by atoms with E-state index in [0.29, 0.717) is 26.2 Å². The van der Waals surface area contributed by atoms with Crippen molar-refractivity contribution in [2.45, 2.75) is 6.42 Å². The van der Waals surface area contributed by atoms with Gasteiger partial charge in [-0.05, 0) is 17.7 Å². The average Bonchev–Trinajstić information content (AvgIpc) is 2.38. The SMILES string of the molecule is COc1cccc(CC(=O)NCCOCCO)c1. The number of benzene rings is 1. The third kappa shape index (κ3) is 5.65. The van der Waals surface area contributed by atoms with Crippen LogP contribution < -0.4 is 10.1 Å². The van der Waals surface area contributed by atoms with Crippen molar-refractivity contribution < 1.29 is 19.4 Å². The topological polar surface area (TPSA) is 67.8 Å². The predicted molar refractivity (Wildman–Crippen MR) is 67.6 cm³/mol. The summed E-state index contributed by atoms with van der Waals surface area (Å²) in [6.45, 7) is 1.15. The van der Waals surface area contributed by atoms with Gasteiger partial charge in [0.2, 0.25) is 5.91 Å². The summed E-state index contributed by atoms with van der Waals surface area (Å²) < 4.78 is 10.1. The molecule has 0 heterocycles. The molecule has 1 aromatic carbocycles. The number of carbonyl (C=O) groups excluding carboxylic acids is 1. The van der Waals surface area contributed by atoms with E-state index in [0.717, 1.165) is 11.3 Å². The fraction of sp³-hybridized carbons (Fsp3) is 0.462. The van der Waals surface area contributed by atoms with E-state index in [1.807, 2.05) is 24.3 Å². The highest BCUT2D eigenvalue weighted by Gasteiger charge is 2.03. The van der Waals surface area contributed by atoms with Crippen molar-refractivity contribution in [3.05, 3.63) is 29.8 Å². The molecule has 0 aliphatic carbocycles. The van der Waals surface area contributed by atoms with Gasteiger partial charge in [0.25, 0.3) is 0 Å². The Labute approximate surface area is 107 Å². The number of rotatable bonds is 8. The van der Waals surface area contributed by atoms with Crippen molar-refractivity contribution in [1.29, 1.82) is 0 Å². The molecule has 0 saturated heterocycles. The minimum absolute atomic E-state index is 0.00223. The molecule has 0 aliphatic rings. The van der Waals surface area contributed by atoms with Gasteiger partial charge in [0, 0.05) is 6.54 Å². The first-order chi connectivity index (χ1) is 8.76. The van der Waals surface area contributed by atoms with Crippen molar-refractivity contribution in [3.8, 4) is 5.75 Å². The third-order valence-corrected chi connectivity index (χ3v) is 2.30. The van der Waals surface area contributed by atoms with Gasteiger partial charge in [0.05, 0.1) is 33.4 Å². The fourth-order valence-electron chi connectivity index (χ4n) is 1.46. The lowest BCUT2D eigenvalue weighted by molar-refractivity contribution is -0.120. The maximum atomic E-state index is 11.6. The summed E-state index contributed by atoms with van der Waals surface area (Å²) in [6, 6.07) is 7.40. The molecule has 0 unspecified atom stereocenters. The van der Waals surface area contributed by atoms with E-state index < -0.39 is 0 Å².